The number of ether oxygens (including phenoxy) is 3. The first-order chi connectivity index (χ1) is 13.0. The van der Waals surface area contributed by atoms with Crippen molar-refractivity contribution in [1.29, 1.82) is 0 Å². The van der Waals surface area contributed by atoms with E-state index in [1.165, 1.54) is 0 Å². The molecule has 162 valence electrons. The largest absolute Gasteiger partial charge is 0.394 e. The minimum atomic E-state index is -1.50. The van der Waals surface area contributed by atoms with E-state index in [-0.39, 0.29) is 18.6 Å². The summed E-state index contributed by atoms with van der Waals surface area (Å²) in [5.74, 6) is 0.0813. The van der Waals surface area contributed by atoms with Crippen LogP contribution in [0.5, 0.6) is 0 Å². The number of Topliss-reactive ketones (excluding diaryl/α,β-unsaturated/α-hetero) is 1. The van der Waals surface area contributed by atoms with Gasteiger partial charge in [0.2, 0.25) is 0 Å². The Morgan fingerprint density at radius 3 is 2.46 bits per heavy atom. The van der Waals surface area contributed by atoms with Crippen molar-refractivity contribution in [2.24, 2.45) is 5.41 Å². The highest BCUT2D eigenvalue weighted by Gasteiger charge is 2.67. The highest BCUT2D eigenvalue weighted by Crippen LogP contribution is 2.57. The Labute approximate surface area is 164 Å². The van der Waals surface area contributed by atoms with Crippen molar-refractivity contribution in [3.8, 4) is 0 Å². The Balaban J connectivity index is 1.63. The number of hydrogen-bond acceptors (Lipinski definition) is 9. The first-order valence-corrected chi connectivity index (χ1v) is 9.80. The molecule has 28 heavy (non-hydrogen) atoms. The molecule has 2 heterocycles. The fourth-order valence-corrected chi connectivity index (χ4v) is 4.92. The second-order valence-corrected chi connectivity index (χ2v) is 9.02. The van der Waals surface area contributed by atoms with Gasteiger partial charge in [-0.2, -0.15) is 0 Å². The maximum Gasteiger partial charge on any atom is 0.186 e. The Morgan fingerprint density at radius 1 is 1.18 bits per heavy atom. The van der Waals surface area contributed by atoms with Crippen molar-refractivity contribution in [1.82, 2.24) is 0 Å². The van der Waals surface area contributed by atoms with E-state index < -0.39 is 60.0 Å². The zero-order valence-corrected chi connectivity index (χ0v) is 16.6. The zero-order chi connectivity index (χ0) is 20.9. The number of rotatable bonds is 6. The molecule has 3 rings (SSSR count). The second-order valence-electron chi connectivity index (χ2n) is 9.02. The lowest BCUT2D eigenvalue weighted by Crippen LogP contribution is -2.61. The van der Waals surface area contributed by atoms with Gasteiger partial charge in [-0.1, -0.05) is 6.92 Å². The highest BCUT2D eigenvalue weighted by atomic mass is 16.7. The van der Waals surface area contributed by atoms with Crippen molar-refractivity contribution in [3.63, 3.8) is 0 Å². The molecule has 1 saturated carbocycles. The Kier molecular flexibility index (Phi) is 5.95. The SMILES string of the molecule is C[C@H](CC[C@]1(O)[C@@]2(C)CO[C@]1(C)CC(=O)C2)O[C@@H]1O[C@H](CO)[C@@H](O)[C@H](O)[C@H]1O. The van der Waals surface area contributed by atoms with E-state index in [0.717, 1.165) is 0 Å². The van der Waals surface area contributed by atoms with E-state index in [4.69, 9.17) is 14.2 Å². The van der Waals surface area contributed by atoms with Gasteiger partial charge in [0.05, 0.1) is 19.3 Å². The minimum absolute atomic E-state index is 0.0813. The monoisotopic (exact) mass is 404 g/mol. The molecule has 3 fully saturated rings. The predicted octanol–water partition coefficient (Wildman–Crippen LogP) is -1.14. The topological polar surface area (TPSA) is 146 Å². The molecule has 9 heteroatoms. The number of aliphatic hydroxyl groups excluding tert-OH is 4. The second kappa shape index (κ2) is 7.55. The van der Waals surface area contributed by atoms with Crippen molar-refractivity contribution >= 4 is 5.78 Å². The molecule has 0 aromatic rings. The molecule has 1 aliphatic carbocycles. The number of carbonyl (C=O) groups excluding carboxylic acids is 1. The summed E-state index contributed by atoms with van der Waals surface area (Å²) in [4.78, 5) is 12.1. The van der Waals surface area contributed by atoms with Crippen LogP contribution in [0.15, 0.2) is 0 Å². The predicted molar refractivity (Wildman–Crippen MR) is 95.2 cm³/mol. The molecule has 0 unspecified atom stereocenters. The maximum atomic E-state index is 12.1. The van der Waals surface area contributed by atoms with Crippen LogP contribution >= 0.6 is 0 Å². The van der Waals surface area contributed by atoms with Gasteiger partial charge in [0.15, 0.2) is 6.29 Å². The molecule has 2 saturated heterocycles. The normalized spacial score (nSPS) is 50.0. The molecule has 3 aliphatic rings. The molecule has 0 aromatic carbocycles. The van der Waals surface area contributed by atoms with Crippen LogP contribution in [0.1, 0.15) is 46.5 Å². The Bertz CT molecular complexity index is 574. The quantitative estimate of drug-likeness (QED) is 0.371. The van der Waals surface area contributed by atoms with Gasteiger partial charge in [-0.3, -0.25) is 4.79 Å². The summed E-state index contributed by atoms with van der Waals surface area (Å²) in [6.45, 7) is 5.15. The summed E-state index contributed by atoms with van der Waals surface area (Å²) in [6, 6.07) is 0. The van der Waals surface area contributed by atoms with E-state index in [2.05, 4.69) is 0 Å². The third-order valence-electron chi connectivity index (χ3n) is 6.83. The van der Waals surface area contributed by atoms with Gasteiger partial charge in [-0.15, -0.1) is 0 Å². The zero-order valence-electron chi connectivity index (χ0n) is 16.6. The van der Waals surface area contributed by atoms with Gasteiger partial charge in [0.1, 0.15) is 41.4 Å². The summed E-state index contributed by atoms with van der Waals surface area (Å²) in [5, 5.41) is 50.5. The van der Waals surface area contributed by atoms with Crippen LogP contribution in [0, 0.1) is 5.41 Å². The number of fused-ring (bicyclic) bond motifs is 2. The van der Waals surface area contributed by atoms with Crippen LogP contribution in [0.3, 0.4) is 0 Å². The smallest absolute Gasteiger partial charge is 0.186 e. The van der Waals surface area contributed by atoms with Crippen molar-refractivity contribution in [2.75, 3.05) is 13.2 Å². The lowest BCUT2D eigenvalue weighted by atomic mass is 9.58. The lowest BCUT2D eigenvalue weighted by molar-refractivity contribution is -0.311. The third-order valence-corrected chi connectivity index (χ3v) is 6.83. The average Bonchev–Trinajstić information content (AvgIpc) is 2.73. The number of aliphatic hydroxyl groups is 5. The van der Waals surface area contributed by atoms with Gasteiger partial charge in [0, 0.05) is 18.3 Å². The number of carbonyl (C=O) groups is 1. The molecule has 0 radical (unpaired) electrons. The molecule has 2 bridgehead atoms. The molecule has 2 aliphatic heterocycles. The Hall–Kier alpha value is -0.650. The third kappa shape index (κ3) is 3.41. The standard InChI is InChI=1S/C19H32O9/c1-10(27-16-15(24)14(23)13(22)12(8-20)28-16)4-5-19(25)17(2)6-11(21)7-18(19,3)26-9-17/h10,12-16,20,22-25H,4-9H2,1-3H3/t10-,12-,13-,14+,15-,16-,17-,18-,19+/m1/s1. The molecule has 9 atom stereocenters. The fraction of sp³-hybridized carbons (Fsp3) is 0.947. The van der Waals surface area contributed by atoms with Crippen LogP contribution < -0.4 is 0 Å². The van der Waals surface area contributed by atoms with E-state index in [1.54, 1.807) is 13.8 Å². The molecule has 0 amide bonds. The van der Waals surface area contributed by atoms with Crippen molar-refractivity contribution in [2.45, 2.75) is 94.5 Å². The number of hydrogen-bond donors (Lipinski definition) is 5. The highest BCUT2D eigenvalue weighted by molar-refractivity contribution is 5.82. The van der Waals surface area contributed by atoms with Gasteiger partial charge < -0.3 is 39.7 Å². The molecule has 0 spiro atoms. The molecule has 0 aromatic heterocycles. The van der Waals surface area contributed by atoms with Crippen LogP contribution in [0.25, 0.3) is 0 Å². The van der Waals surface area contributed by atoms with Gasteiger partial charge >= 0.3 is 0 Å². The Morgan fingerprint density at radius 2 is 1.86 bits per heavy atom. The summed E-state index contributed by atoms with van der Waals surface area (Å²) in [6.07, 6.45) is -5.97. The van der Waals surface area contributed by atoms with E-state index in [9.17, 15) is 30.3 Å². The maximum absolute atomic E-state index is 12.1. The summed E-state index contributed by atoms with van der Waals surface area (Å²) < 4.78 is 16.9. The molecule has 9 nitrogen and oxygen atoms in total. The van der Waals surface area contributed by atoms with Crippen molar-refractivity contribution < 1.29 is 44.5 Å². The molecular formula is C19H32O9. The summed E-state index contributed by atoms with van der Waals surface area (Å²) >= 11 is 0. The minimum Gasteiger partial charge on any atom is -0.394 e. The van der Waals surface area contributed by atoms with Gasteiger partial charge in [-0.05, 0) is 26.7 Å². The van der Waals surface area contributed by atoms with Gasteiger partial charge in [-0.25, -0.2) is 0 Å². The lowest BCUT2D eigenvalue weighted by Gasteiger charge is -2.49. The molecule has 5 N–H and O–H groups in total. The van der Waals surface area contributed by atoms with E-state index in [0.29, 0.717) is 19.4 Å². The summed E-state index contributed by atoms with van der Waals surface area (Å²) in [5.41, 5.74) is -2.80. The first-order valence-electron chi connectivity index (χ1n) is 9.80. The first kappa shape index (κ1) is 22.0. The van der Waals surface area contributed by atoms with Crippen LogP contribution in [-0.4, -0.2) is 92.5 Å². The van der Waals surface area contributed by atoms with Crippen LogP contribution in [0.4, 0.5) is 0 Å². The van der Waals surface area contributed by atoms with E-state index >= 15 is 0 Å². The summed E-state index contributed by atoms with van der Waals surface area (Å²) in [7, 11) is 0. The van der Waals surface area contributed by atoms with Crippen LogP contribution in [0.2, 0.25) is 0 Å². The van der Waals surface area contributed by atoms with E-state index in [1.807, 2.05) is 6.92 Å². The van der Waals surface area contributed by atoms with Crippen molar-refractivity contribution in [3.05, 3.63) is 0 Å². The average molecular weight is 404 g/mol. The van der Waals surface area contributed by atoms with Gasteiger partial charge in [0.25, 0.3) is 0 Å². The molecular weight excluding hydrogens is 372 g/mol. The van der Waals surface area contributed by atoms with Crippen LogP contribution in [-0.2, 0) is 19.0 Å². The fourth-order valence-electron chi connectivity index (χ4n) is 4.92. The number of ketones is 1.